The van der Waals surface area contributed by atoms with Crippen molar-refractivity contribution in [2.24, 2.45) is 0 Å². The fourth-order valence-electron chi connectivity index (χ4n) is 4.51. The van der Waals surface area contributed by atoms with Crippen LogP contribution in [0.2, 0.25) is 0 Å². The van der Waals surface area contributed by atoms with Gasteiger partial charge in [-0.15, -0.1) is 0 Å². The molecule has 1 spiro atoms. The normalized spacial score (nSPS) is 22.0. The van der Waals surface area contributed by atoms with Gasteiger partial charge >= 0.3 is 0 Å². The largest absolute Gasteiger partial charge is 0.497 e. The molecule has 4 rings (SSSR count). The number of hydrogen-bond acceptors (Lipinski definition) is 5. The van der Waals surface area contributed by atoms with E-state index in [2.05, 4.69) is 30.9 Å². The minimum Gasteiger partial charge on any atom is -0.497 e. The standard InChI is InChI=1S/C24H31NO4/c1-16-4-5-18(12-17(16)2)22(27)15-25-10-8-24(9-11-25)14-21(26)20-7-6-19(28-3)13-23(20)29-24/h4-7,12-13,21-22,26-27H,8-11,14-15H2,1-3H3/t21-,22+/m1/s1. The van der Waals surface area contributed by atoms with Crippen molar-refractivity contribution in [2.45, 2.75) is 50.9 Å². The third kappa shape index (κ3) is 4.13. The minimum atomic E-state index is -0.516. The van der Waals surface area contributed by atoms with E-state index in [1.807, 2.05) is 24.3 Å². The number of aryl methyl sites for hydroxylation is 2. The fourth-order valence-corrected chi connectivity index (χ4v) is 4.51. The van der Waals surface area contributed by atoms with Crippen molar-refractivity contribution < 1.29 is 19.7 Å². The second-order valence-corrected chi connectivity index (χ2v) is 8.57. The van der Waals surface area contributed by atoms with Gasteiger partial charge in [0.1, 0.15) is 17.1 Å². The third-order valence-electron chi connectivity index (χ3n) is 6.59. The van der Waals surface area contributed by atoms with Crippen LogP contribution in [0, 0.1) is 13.8 Å². The maximum Gasteiger partial charge on any atom is 0.129 e. The van der Waals surface area contributed by atoms with Crippen LogP contribution < -0.4 is 9.47 Å². The van der Waals surface area contributed by atoms with E-state index in [1.54, 1.807) is 7.11 Å². The van der Waals surface area contributed by atoms with Gasteiger partial charge in [0.15, 0.2) is 0 Å². The summed E-state index contributed by atoms with van der Waals surface area (Å²) in [6.45, 7) is 6.46. The first kappa shape index (κ1) is 20.2. The number of nitrogens with zero attached hydrogens (tertiary/aromatic N) is 1. The molecule has 0 amide bonds. The van der Waals surface area contributed by atoms with Crippen molar-refractivity contribution in [3.8, 4) is 11.5 Å². The molecule has 2 aliphatic heterocycles. The van der Waals surface area contributed by atoms with Gasteiger partial charge in [-0.1, -0.05) is 18.2 Å². The first-order chi connectivity index (χ1) is 13.9. The molecule has 2 aromatic rings. The molecule has 0 unspecified atom stereocenters. The molecule has 29 heavy (non-hydrogen) atoms. The Morgan fingerprint density at radius 3 is 2.59 bits per heavy atom. The van der Waals surface area contributed by atoms with Crippen LogP contribution in [0.3, 0.4) is 0 Å². The van der Waals surface area contributed by atoms with Crippen LogP contribution in [0.25, 0.3) is 0 Å². The van der Waals surface area contributed by atoms with E-state index in [-0.39, 0.29) is 5.60 Å². The van der Waals surface area contributed by atoms with Gasteiger partial charge < -0.3 is 24.6 Å². The highest BCUT2D eigenvalue weighted by Crippen LogP contribution is 2.45. The molecule has 0 bridgehead atoms. The van der Waals surface area contributed by atoms with Crippen LogP contribution in [0.1, 0.15) is 53.7 Å². The molecule has 2 aromatic carbocycles. The molecule has 0 aliphatic carbocycles. The minimum absolute atomic E-state index is 0.347. The second kappa shape index (κ2) is 7.98. The zero-order chi connectivity index (χ0) is 20.6. The van der Waals surface area contributed by atoms with Crippen molar-refractivity contribution in [3.63, 3.8) is 0 Å². The molecule has 5 nitrogen and oxygen atoms in total. The van der Waals surface area contributed by atoms with Crippen molar-refractivity contribution in [3.05, 3.63) is 58.7 Å². The second-order valence-electron chi connectivity index (χ2n) is 8.57. The Hall–Kier alpha value is -2.08. The lowest BCUT2D eigenvalue weighted by atomic mass is 9.81. The van der Waals surface area contributed by atoms with E-state index in [0.717, 1.165) is 48.6 Å². The molecule has 0 radical (unpaired) electrons. The van der Waals surface area contributed by atoms with E-state index in [9.17, 15) is 10.2 Å². The SMILES string of the molecule is COc1ccc2c(c1)OC1(CCN(C[C@H](O)c3ccc(C)c(C)c3)CC1)C[C@H]2O. The summed E-state index contributed by atoms with van der Waals surface area (Å²) < 4.78 is 11.7. The Balaban J connectivity index is 1.40. The van der Waals surface area contributed by atoms with Gasteiger partial charge in [0.05, 0.1) is 19.3 Å². The molecule has 2 heterocycles. The number of likely N-dealkylation sites (tertiary alicyclic amines) is 1. The van der Waals surface area contributed by atoms with E-state index in [4.69, 9.17) is 9.47 Å². The molecule has 0 saturated carbocycles. The Bertz CT molecular complexity index is 873. The van der Waals surface area contributed by atoms with Crippen LogP contribution in [-0.2, 0) is 0 Å². The third-order valence-corrected chi connectivity index (χ3v) is 6.59. The highest BCUT2D eigenvalue weighted by molar-refractivity contribution is 5.44. The summed E-state index contributed by atoms with van der Waals surface area (Å²) in [6, 6.07) is 11.8. The smallest absolute Gasteiger partial charge is 0.129 e. The fraction of sp³-hybridized carbons (Fsp3) is 0.500. The molecule has 0 aromatic heterocycles. The molecule has 1 saturated heterocycles. The molecule has 156 valence electrons. The van der Waals surface area contributed by atoms with Gasteiger partial charge in [-0.3, -0.25) is 0 Å². The number of hydrogen-bond donors (Lipinski definition) is 2. The Labute approximate surface area is 172 Å². The molecule has 2 N–H and O–H groups in total. The van der Waals surface area contributed by atoms with Crippen molar-refractivity contribution in [1.29, 1.82) is 0 Å². The summed E-state index contributed by atoms with van der Waals surface area (Å²) >= 11 is 0. The summed E-state index contributed by atoms with van der Waals surface area (Å²) in [5.41, 5.74) is 3.91. The average Bonchev–Trinajstić information content (AvgIpc) is 2.71. The zero-order valence-electron chi connectivity index (χ0n) is 17.5. The van der Waals surface area contributed by atoms with Crippen LogP contribution in [0.4, 0.5) is 0 Å². The summed E-state index contributed by atoms with van der Waals surface area (Å²) in [5.74, 6) is 1.47. The molecule has 2 aliphatic rings. The number of benzene rings is 2. The average molecular weight is 398 g/mol. The van der Waals surface area contributed by atoms with Gasteiger partial charge in [-0.05, 0) is 55.5 Å². The summed E-state index contributed by atoms with van der Waals surface area (Å²) in [5, 5.41) is 21.4. The van der Waals surface area contributed by atoms with Crippen LogP contribution >= 0.6 is 0 Å². The topological polar surface area (TPSA) is 62.2 Å². The number of rotatable bonds is 4. The molecular weight excluding hydrogens is 366 g/mol. The quantitative estimate of drug-likeness (QED) is 0.824. The maximum absolute atomic E-state index is 10.7. The Morgan fingerprint density at radius 1 is 1.14 bits per heavy atom. The lowest BCUT2D eigenvalue weighted by molar-refractivity contribution is -0.0588. The molecule has 2 atom stereocenters. The van der Waals surface area contributed by atoms with Crippen LogP contribution in [0.5, 0.6) is 11.5 Å². The van der Waals surface area contributed by atoms with Crippen LogP contribution in [0.15, 0.2) is 36.4 Å². The van der Waals surface area contributed by atoms with Gasteiger partial charge in [0, 0.05) is 37.7 Å². The lowest BCUT2D eigenvalue weighted by Crippen LogP contribution is -2.51. The number of fused-ring (bicyclic) bond motifs is 1. The predicted octanol–water partition coefficient (Wildman–Crippen LogP) is 3.70. The summed E-state index contributed by atoms with van der Waals surface area (Å²) in [7, 11) is 1.64. The molecular formula is C24H31NO4. The Morgan fingerprint density at radius 2 is 1.90 bits per heavy atom. The maximum atomic E-state index is 10.7. The number of aliphatic hydroxyl groups is 2. The predicted molar refractivity (Wildman–Crippen MR) is 112 cm³/mol. The zero-order valence-corrected chi connectivity index (χ0v) is 17.5. The van der Waals surface area contributed by atoms with E-state index in [0.29, 0.717) is 13.0 Å². The number of piperidine rings is 1. The van der Waals surface area contributed by atoms with E-state index >= 15 is 0 Å². The number of aliphatic hydroxyl groups excluding tert-OH is 2. The molecule has 5 heteroatoms. The monoisotopic (exact) mass is 397 g/mol. The van der Waals surface area contributed by atoms with Crippen molar-refractivity contribution in [1.82, 2.24) is 4.90 Å². The van der Waals surface area contributed by atoms with Gasteiger partial charge in [-0.2, -0.15) is 0 Å². The van der Waals surface area contributed by atoms with Crippen molar-refractivity contribution in [2.75, 3.05) is 26.7 Å². The van der Waals surface area contributed by atoms with Gasteiger partial charge in [0.25, 0.3) is 0 Å². The van der Waals surface area contributed by atoms with Crippen molar-refractivity contribution >= 4 is 0 Å². The number of β-amino-alcohol motifs (C(OH)–C–C–N with tert-alkyl or cyclic N) is 1. The van der Waals surface area contributed by atoms with Gasteiger partial charge in [0.2, 0.25) is 0 Å². The highest BCUT2D eigenvalue weighted by Gasteiger charge is 2.43. The Kier molecular flexibility index (Phi) is 5.56. The number of ether oxygens (including phenoxy) is 2. The van der Waals surface area contributed by atoms with E-state index in [1.165, 1.54) is 11.1 Å². The number of methoxy groups -OCH3 is 1. The van der Waals surface area contributed by atoms with E-state index < -0.39 is 12.2 Å². The lowest BCUT2D eigenvalue weighted by Gasteiger charge is -2.46. The van der Waals surface area contributed by atoms with Gasteiger partial charge in [-0.25, -0.2) is 0 Å². The first-order valence-corrected chi connectivity index (χ1v) is 10.4. The summed E-state index contributed by atoms with van der Waals surface area (Å²) in [4.78, 5) is 2.29. The first-order valence-electron chi connectivity index (χ1n) is 10.4. The highest BCUT2D eigenvalue weighted by atomic mass is 16.5. The molecule has 1 fully saturated rings. The van der Waals surface area contributed by atoms with Crippen LogP contribution in [-0.4, -0.2) is 47.5 Å². The summed E-state index contributed by atoms with van der Waals surface area (Å²) in [6.07, 6.45) is 1.27.